The van der Waals surface area contributed by atoms with Gasteiger partial charge in [0.1, 0.15) is 0 Å². The van der Waals surface area contributed by atoms with E-state index in [0.29, 0.717) is 12.0 Å². The van der Waals surface area contributed by atoms with Crippen LogP contribution in [0.4, 0.5) is 0 Å². The standard InChI is InChI=1S/C13H22O7Si/c1-6-18-21(19-11(4)14,20-12(5)15)9-7-8-17-13(16)10(2)3/h2,6-9H2,1,3-5H3. The van der Waals surface area contributed by atoms with Crippen LogP contribution in [0.25, 0.3) is 0 Å². The number of hydrogen-bond acceptors (Lipinski definition) is 7. The first-order valence-electron chi connectivity index (χ1n) is 6.58. The van der Waals surface area contributed by atoms with Gasteiger partial charge < -0.3 is 18.0 Å². The lowest BCUT2D eigenvalue weighted by Gasteiger charge is -2.26. The maximum Gasteiger partial charge on any atom is 0.636 e. The summed E-state index contributed by atoms with van der Waals surface area (Å²) in [5.74, 6) is -1.68. The molecule has 0 aliphatic rings. The van der Waals surface area contributed by atoms with Gasteiger partial charge in [-0.1, -0.05) is 6.58 Å². The largest absolute Gasteiger partial charge is 0.636 e. The van der Waals surface area contributed by atoms with Crippen molar-refractivity contribution < 1.29 is 32.4 Å². The van der Waals surface area contributed by atoms with Crippen molar-refractivity contribution in [1.82, 2.24) is 0 Å². The first-order chi connectivity index (χ1) is 9.72. The fourth-order valence-electron chi connectivity index (χ4n) is 1.49. The van der Waals surface area contributed by atoms with Gasteiger partial charge in [-0.05, 0) is 20.3 Å². The zero-order valence-electron chi connectivity index (χ0n) is 12.9. The zero-order chi connectivity index (χ0) is 16.5. The minimum absolute atomic E-state index is 0.0933. The van der Waals surface area contributed by atoms with E-state index in [-0.39, 0.29) is 19.3 Å². The summed E-state index contributed by atoms with van der Waals surface area (Å²) in [6.07, 6.45) is 0.339. The van der Waals surface area contributed by atoms with Gasteiger partial charge in [0, 0.05) is 32.1 Å². The Labute approximate surface area is 125 Å². The molecule has 0 aliphatic heterocycles. The van der Waals surface area contributed by atoms with Crippen LogP contribution in [-0.2, 0) is 32.4 Å². The second-order valence-corrected chi connectivity index (χ2v) is 6.89. The van der Waals surface area contributed by atoms with Crippen LogP contribution in [0.2, 0.25) is 6.04 Å². The van der Waals surface area contributed by atoms with Gasteiger partial charge in [-0.2, -0.15) is 0 Å². The van der Waals surface area contributed by atoms with E-state index >= 15 is 0 Å². The van der Waals surface area contributed by atoms with Gasteiger partial charge in [-0.3, -0.25) is 9.59 Å². The Morgan fingerprint density at radius 3 is 1.95 bits per heavy atom. The van der Waals surface area contributed by atoms with Crippen LogP contribution in [0.1, 0.15) is 34.1 Å². The van der Waals surface area contributed by atoms with Crippen LogP contribution >= 0.6 is 0 Å². The van der Waals surface area contributed by atoms with Crippen LogP contribution in [0.5, 0.6) is 0 Å². The van der Waals surface area contributed by atoms with Crippen molar-refractivity contribution in [2.45, 2.75) is 40.2 Å². The van der Waals surface area contributed by atoms with Crippen LogP contribution in [0.3, 0.4) is 0 Å². The molecule has 0 rings (SSSR count). The Bertz CT molecular complexity index is 389. The third kappa shape index (κ3) is 8.26. The predicted molar refractivity (Wildman–Crippen MR) is 76.1 cm³/mol. The third-order valence-electron chi connectivity index (χ3n) is 2.17. The van der Waals surface area contributed by atoms with E-state index in [0.717, 1.165) is 0 Å². The molecule has 0 aromatic heterocycles. The van der Waals surface area contributed by atoms with E-state index < -0.39 is 26.7 Å². The average molecular weight is 318 g/mol. The van der Waals surface area contributed by atoms with E-state index in [9.17, 15) is 14.4 Å². The monoisotopic (exact) mass is 318 g/mol. The quantitative estimate of drug-likeness (QED) is 0.276. The van der Waals surface area contributed by atoms with Gasteiger partial charge in [-0.15, -0.1) is 0 Å². The molecule has 0 fully saturated rings. The molecule has 0 aromatic carbocycles. The second-order valence-electron chi connectivity index (χ2n) is 4.32. The summed E-state index contributed by atoms with van der Waals surface area (Å²) < 4.78 is 20.6. The molecule has 8 heteroatoms. The van der Waals surface area contributed by atoms with Crippen LogP contribution in [0, 0.1) is 0 Å². The topological polar surface area (TPSA) is 88.1 Å². The number of ether oxygens (including phenoxy) is 1. The molecule has 0 saturated carbocycles. The summed E-state index contributed by atoms with van der Waals surface area (Å²) >= 11 is 0. The molecule has 0 unspecified atom stereocenters. The lowest BCUT2D eigenvalue weighted by atomic mass is 10.4. The Hall–Kier alpha value is -1.67. The first-order valence-corrected chi connectivity index (χ1v) is 8.51. The van der Waals surface area contributed by atoms with Crippen LogP contribution < -0.4 is 0 Å². The van der Waals surface area contributed by atoms with Gasteiger partial charge in [0.2, 0.25) is 0 Å². The Morgan fingerprint density at radius 2 is 1.57 bits per heavy atom. The van der Waals surface area contributed by atoms with Gasteiger partial charge in [0.25, 0.3) is 11.9 Å². The number of hydrogen-bond donors (Lipinski definition) is 0. The molecule has 0 aliphatic carbocycles. The smallest absolute Gasteiger partial charge is 0.464 e. The highest BCUT2D eigenvalue weighted by Crippen LogP contribution is 2.19. The molecular formula is C13H22O7Si. The highest BCUT2D eigenvalue weighted by molar-refractivity contribution is 6.64. The molecule has 0 aromatic rings. The van der Waals surface area contributed by atoms with Gasteiger partial charge >= 0.3 is 14.8 Å². The lowest BCUT2D eigenvalue weighted by Crippen LogP contribution is -2.48. The summed E-state index contributed by atoms with van der Waals surface area (Å²) in [5.41, 5.74) is 0.295. The van der Waals surface area contributed by atoms with E-state index in [1.807, 2.05) is 0 Å². The van der Waals surface area contributed by atoms with E-state index in [2.05, 4.69) is 6.58 Å². The molecule has 120 valence electrons. The second kappa shape index (κ2) is 9.30. The maximum atomic E-state index is 11.2. The van der Waals surface area contributed by atoms with Gasteiger partial charge in [-0.25, -0.2) is 4.79 Å². The van der Waals surface area contributed by atoms with Crippen LogP contribution in [0.15, 0.2) is 12.2 Å². The Kier molecular flexibility index (Phi) is 8.56. The SMILES string of the molecule is C=C(C)C(=O)OCCC[Si](OCC)(OC(C)=O)OC(C)=O. The molecule has 0 bridgehead atoms. The van der Waals surface area contributed by atoms with Crippen LogP contribution in [-0.4, -0.2) is 39.9 Å². The van der Waals surface area contributed by atoms with Crippen molar-refractivity contribution in [3.63, 3.8) is 0 Å². The van der Waals surface area contributed by atoms with Crippen molar-refractivity contribution in [2.75, 3.05) is 13.2 Å². The molecule has 0 radical (unpaired) electrons. The number of rotatable bonds is 9. The minimum atomic E-state index is -3.43. The summed E-state index contributed by atoms with van der Waals surface area (Å²) in [5, 5.41) is 0. The zero-order valence-corrected chi connectivity index (χ0v) is 13.9. The predicted octanol–water partition coefficient (Wildman–Crippen LogP) is 1.60. The van der Waals surface area contributed by atoms with Crippen molar-refractivity contribution in [3.8, 4) is 0 Å². The summed E-state index contributed by atoms with van der Waals surface area (Å²) in [6.45, 7) is 9.46. The van der Waals surface area contributed by atoms with E-state index in [4.69, 9.17) is 18.0 Å². The highest BCUT2D eigenvalue weighted by Gasteiger charge is 2.47. The molecule has 21 heavy (non-hydrogen) atoms. The summed E-state index contributed by atoms with van der Waals surface area (Å²) in [4.78, 5) is 33.6. The summed E-state index contributed by atoms with van der Waals surface area (Å²) in [6, 6.07) is 0.184. The molecule has 0 saturated heterocycles. The van der Waals surface area contributed by atoms with Gasteiger partial charge in [0.15, 0.2) is 0 Å². The van der Waals surface area contributed by atoms with Crippen molar-refractivity contribution >= 4 is 26.7 Å². The normalized spacial score (nSPS) is 10.7. The maximum absolute atomic E-state index is 11.2. The first kappa shape index (κ1) is 19.3. The van der Waals surface area contributed by atoms with E-state index in [1.165, 1.54) is 13.8 Å². The molecule has 7 nitrogen and oxygen atoms in total. The number of esters is 1. The minimum Gasteiger partial charge on any atom is -0.464 e. The van der Waals surface area contributed by atoms with Crippen molar-refractivity contribution in [2.24, 2.45) is 0 Å². The molecule has 0 spiro atoms. The molecule has 0 heterocycles. The Morgan fingerprint density at radius 1 is 1.05 bits per heavy atom. The van der Waals surface area contributed by atoms with Crippen molar-refractivity contribution in [1.29, 1.82) is 0 Å². The third-order valence-corrected chi connectivity index (χ3v) is 5.06. The molecule has 0 N–H and O–H groups in total. The molecule has 0 atom stereocenters. The average Bonchev–Trinajstić information content (AvgIpc) is 2.32. The fraction of sp³-hybridized carbons (Fsp3) is 0.615. The number of carbonyl (C=O) groups excluding carboxylic acids is 3. The Balaban J connectivity index is 4.64. The highest BCUT2D eigenvalue weighted by atomic mass is 28.4. The number of carbonyl (C=O) groups is 3. The van der Waals surface area contributed by atoms with Gasteiger partial charge in [0.05, 0.1) is 6.61 Å². The molecule has 0 amide bonds. The van der Waals surface area contributed by atoms with E-state index in [1.54, 1.807) is 13.8 Å². The fourth-order valence-corrected chi connectivity index (χ4v) is 3.89. The van der Waals surface area contributed by atoms with Crippen molar-refractivity contribution in [3.05, 3.63) is 12.2 Å². The molecular weight excluding hydrogens is 296 g/mol. The summed E-state index contributed by atoms with van der Waals surface area (Å²) in [7, 11) is -3.43. The lowest BCUT2D eigenvalue weighted by molar-refractivity contribution is -0.144.